The zero-order valence-corrected chi connectivity index (χ0v) is 43.7. The van der Waals surface area contributed by atoms with Gasteiger partial charge in [-0.15, -0.1) is 0 Å². The molecule has 36 nitrogen and oxygen atoms in total. The average molecular weight is 1190 g/mol. The van der Waals surface area contributed by atoms with Crippen LogP contribution in [0.25, 0.3) is 0 Å². The summed E-state index contributed by atoms with van der Waals surface area (Å²) in [6, 6.07) is -5.52. The van der Waals surface area contributed by atoms with E-state index in [9.17, 15) is 111 Å². The Labute approximate surface area is 459 Å². The predicted octanol–water partition coefficient (Wildman–Crippen LogP) is -13.4. The van der Waals surface area contributed by atoms with E-state index in [1.807, 2.05) is 0 Å². The lowest BCUT2D eigenvalue weighted by Crippen LogP contribution is -2.72. The second-order valence-corrected chi connectivity index (χ2v) is 20.4. The molecule has 6 aliphatic rings. The highest BCUT2D eigenvalue weighted by Gasteiger charge is 2.62. The quantitative estimate of drug-likeness (QED) is 0.0507. The number of rotatable bonds is 21. The first-order valence-corrected chi connectivity index (χ1v) is 25.6. The van der Waals surface area contributed by atoms with Crippen LogP contribution in [0.15, 0.2) is 0 Å². The molecular formula is C45H75N3O33. The van der Waals surface area contributed by atoms with E-state index in [2.05, 4.69) is 16.0 Å². The number of carboxylic acids is 1. The second kappa shape index (κ2) is 28.3. The SMILES string of the molecule is CC(=O)N[C@H]1[C@@H](O[C@@H]2[C@H](O[C@]3(C(=O)O)C[C@H](O)[C@@H](NC(C)=O)[C@H]([C@@H](O)[C@H](O)CO)O3)[C@@H](O)[C@H](O[C@H]3[C@@H](O)[C@@H](CO)OC(O)[C@@H]3NC(C)=O)O[C@@H]2CO)O[C@H](CO)[C@H](O)[C@@H]1O[C@@H]1O[C@H](CO)[C@H](O)[C@H](O)[C@H]1O[C@@H]1O[C@@H](C)[C@@H](O)[C@@H](O)[C@@H]1O. The summed E-state index contributed by atoms with van der Waals surface area (Å²) in [6.45, 7) is -1.51. The minimum Gasteiger partial charge on any atom is -0.477 e. The van der Waals surface area contributed by atoms with Crippen LogP contribution < -0.4 is 16.0 Å². The number of ether oxygens (including phenoxy) is 11. The van der Waals surface area contributed by atoms with E-state index in [0.717, 1.165) is 20.8 Å². The third kappa shape index (κ3) is 14.5. The number of hydrogen-bond acceptors (Lipinski definition) is 32. The minimum atomic E-state index is -3.40. The zero-order chi connectivity index (χ0) is 60.3. The molecule has 36 heteroatoms. The molecule has 0 radical (unpaired) electrons. The van der Waals surface area contributed by atoms with Crippen molar-refractivity contribution in [2.75, 3.05) is 33.0 Å². The van der Waals surface area contributed by atoms with E-state index in [4.69, 9.17) is 52.1 Å². The fraction of sp³-hybridized carbons (Fsp3) is 0.911. The normalized spacial score (nSPS) is 46.7. The van der Waals surface area contributed by atoms with Crippen LogP contribution in [0.3, 0.4) is 0 Å². The van der Waals surface area contributed by atoms with Crippen LogP contribution in [0, 0.1) is 0 Å². The summed E-state index contributed by atoms with van der Waals surface area (Å²) in [5.74, 6) is -8.29. The van der Waals surface area contributed by atoms with Crippen LogP contribution in [0.1, 0.15) is 34.1 Å². The molecule has 0 aromatic heterocycles. The highest BCUT2D eigenvalue weighted by molar-refractivity contribution is 5.77. The number of carboxylic acid groups (broad SMARTS) is 1. The van der Waals surface area contributed by atoms with Crippen molar-refractivity contribution in [1.29, 1.82) is 0 Å². The van der Waals surface area contributed by atoms with Crippen LogP contribution in [0.5, 0.6) is 0 Å². The molecule has 1 unspecified atom stereocenters. The molecule has 6 fully saturated rings. The smallest absolute Gasteiger partial charge is 0.364 e. The van der Waals surface area contributed by atoms with Gasteiger partial charge in [-0.1, -0.05) is 0 Å². The van der Waals surface area contributed by atoms with Gasteiger partial charge in [0.1, 0.15) is 134 Å². The number of amides is 3. The Kier molecular flexibility index (Phi) is 23.4. The van der Waals surface area contributed by atoms with Gasteiger partial charge in [0.25, 0.3) is 5.79 Å². The monoisotopic (exact) mass is 1190 g/mol. The van der Waals surface area contributed by atoms with Gasteiger partial charge in [-0.25, -0.2) is 4.79 Å². The maximum absolute atomic E-state index is 13.6. The fourth-order valence-corrected chi connectivity index (χ4v) is 10.3. The molecule has 81 heavy (non-hydrogen) atoms. The Balaban J connectivity index is 1.45. The maximum Gasteiger partial charge on any atom is 0.364 e. The van der Waals surface area contributed by atoms with Crippen molar-refractivity contribution in [2.24, 2.45) is 0 Å². The first kappa shape index (κ1) is 66.9. The van der Waals surface area contributed by atoms with E-state index in [1.165, 1.54) is 6.92 Å². The van der Waals surface area contributed by atoms with Gasteiger partial charge in [-0.2, -0.15) is 0 Å². The third-order valence-corrected chi connectivity index (χ3v) is 14.6. The van der Waals surface area contributed by atoms with E-state index >= 15 is 0 Å². The molecule has 6 aliphatic heterocycles. The highest BCUT2D eigenvalue weighted by atomic mass is 16.8. The topological polar surface area (TPSA) is 570 Å². The van der Waals surface area contributed by atoms with E-state index in [-0.39, 0.29) is 0 Å². The lowest BCUT2D eigenvalue weighted by atomic mass is 9.88. The van der Waals surface area contributed by atoms with Crippen molar-refractivity contribution in [3.05, 3.63) is 0 Å². The summed E-state index contributed by atoms with van der Waals surface area (Å²) in [5.41, 5.74) is 0. The van der Waals surface area contributed by atoms with E-state index in [0.29, 0.717) is 0 Å². The second-order valence-electron chi connectivity index (χ2n) is 20.4. The van der Waals surface area contributed by atoms with Gasteiger partial charge in [0.05, 0.1) is 51.3 Å². The van der Waals surface area contributed by atoms with E-state index in [1.54, 1.807) is 0 Å². The van der Waals surface area contributed by atoms with Crippen LogP contribution in [-0.2, 0) is 71.3 Å². The van der Waals surface area contributed by atoms with Crippen LogP contribution >= 0.6 is 0 Å². The molecule has 21 N–H and O–H groups in total. The average Bonchev–Trinajstić information content (AvgIpc) is 3.62. The van der Waals surface area contributed by atoms with Gasteiger partial charge in [0, 0.05) is 27.2 Å². The Hall–Kier alpha value is -3.24. The molecule has 3 amide bonds. The van der Waals surface area contributed by atoms with Crippen molar-refractivity contribution in [2.45, 2.75) is 224 Å². The molecule has 0 aliphatic carbocycles. The van der Waals surface area contributed by atoms with Gasteiger partial charge in [0.15, 0.2) is 31.5 Å². The molecule has 6 heterocycles. The maximum atomic E-state index is 13.6. The first-order valence-electron chi connectivity index (χ1n) is 25.6. The summed E-state index contributed by atoms with van der Waals surface area (Å²) in [6.07, 6.45) is -56.8. The largest absolute Gasteiger partial charge is 0.477 e. The van der Waals surface area contributed by atoms with Crippen molar-refractivity contribution in [1.82, 2.24) is 16.0 Å². The summed E-state index contributed by atoms with van der Waals surface area (Å²) < 4.78 is 64.5. The Bertz CT molecular complexity index is 2080. The Morgan fingerprint density at radius 1 is 0.506 bits per heavy atom. The van der Waals surface area contributed by atoms with Gasteiger partial charge >= 0.3 is 5.97 Å². The third-order valence-electron chi connectivity index (χ3n) is 14.6. The number of aliphatic carboxylic acids is 1. The van der Waals surface area contributed by atoms with Gasteiger partial charge in [0.2, 0.25) is 17.7 Å². The Morgan fingerprint density at radius 3 is 1.53 bits per heavy atom. The number of carbonyl (C=O) groups is 4. The standard InChI is InChI=1S/C45H75N3O33/c1-11-24(59)29(64)31(66)41(71-11)79-38-30(65)26(61)17(7-50)74-43(38)78-35-23(48-14(4)56)40(73-19(9-52)28(35)63)76-33-20(10-53)75-42(77-34-22(47-13(3)55)39(68)72-18(8-51)27(34)62)32(67)37(33)81-45(44(69)70)5-15(57)21(46-12(2)54)36(80-45)25(60)16(58)6-49/h11,15-43,49-53,57-68H,5-10H2,1-4H3,(H,46,54)(H,47,55)(H,48,56)(H,69,70)/t11-,15-,16+,17+,18+,19+,20+,21+,22+,23+,24+,25-,26-,27-,28-,29+,30-,31-,32+,33-,34+,35+,36+,37+,38+,39?,40+,41-,42-,43-,45-/m0/s1. The lowest BCUT2D eigenvalue weighted by molar-refractivity contribution is -0.402. The molecule has 0 spiro atoms. The number of hydrogen-bond donors (Lipinski definition) is 21. The number of aliphatic hydroxyl groups is 17. The van der Waals surface area contributed by atoms with Gasteiger partial charge < -0.3 is 160 Å². The molecular weight excluding hydrogens is 1110 g/mol. The Morgan fingerprint density at radius 2 is 0.975 bits per heavy atom. The van der Waals surface area contributed by atoms with Crippen LogP contribution in [0.2, 0.25) is 0 Å². The number of carbonyl (C=O) groups excluding carboxylic acids is 3. The van der Waals surface area contributed by atoms with Gasteiger partial charge in [-0.05, 0) is 6.92 Å². The summed E-state index contributed by atoms with van der Waals surface area (Å²) >= 11 is 0. The number of aliphatic hydroxyl groups excluding tert-OH is 17. The number of nitrogens with one attached hydrogen (secondary N) is 3. The molecule has 6 saturated heterocycles. The van der Waals surface area contributed by atoms with Gasteiger partial charge in [-0.3, -0.25) is 14.4 Å². The van der Waals surface area contributed by atoms with E-state index < -0.39 is 253 Å². The first-order chi connectivity index (χ1) is 38.1. The molecule has 6 rings (SSSR count). The van der Waals surface area contributed by atoms with Crippen molar-refractivity contribution in [3.8, 4) is 0 Å². The summed E-state index contributed by atoms with van der Waals surface area (Å²) in [4.78, 5) is 51.4. The minimum absolute atomic E-state index is 0.849. The molecule has 31 atom stereocenters. The highest BCUT2D eigenvalue weighted by Crippen LogP contribution is 2.41. The van der Waals surface area contributed by atoms with Crippen molar-refractivity contribution < 1.29 is 163 Å². The summed E-state index contributed by atoms with van der Waals surface area (Å²) in [7, 11) is 0. The molecule has 0 bridgehead atoms. The summed E-state index contributed by atoms with van der Waals surface area (Å²) in [5, 5.41) is 203. The van der Waals surface area contributed by atoms with Crippen molar-refractivity contribution in [3.63, 3.8) is 0 Å². The molecule has 468 valence electrons. The predicted molar refractivity (Wildman–Crippen MR) is 250 cm³/mol. The lowest BCUT2D eigenvalue weighted by Gasteiger charge is -2.53. The molecule has 0 aromatic rings. The zero-order valence-electron chi connectivity index (χ0n) is 43.7. The molecule has 0 saturated carbocycles. The van der Waals surface area contributed by atoms with Crippen LogP contribution in [0.4, 0.5) is 0 Å². The molecule has 0 aromatic carbocycles. The van der Waals surface area contributed by atoms with Crippen molar-refractivity contribution >= 4 is 23.7 Å². The fourth-order valence-electron chi connectivity index (χ4n) is 10.3. The van der Waals surface area contributed by atoms with Crippen LogP contribution in [-0.4, -0.2) is 338 Å².